The minimum absolute atomic E-state index is 0.159. The summed E-state index contributed by atoms with van der Waals surface area (Å²) in [6.07, 6.45) is 0. The molecule has 3 aromatic carbocycles. The van der Waals surface area contributed by atoms with Gasteiger partial charge in [-0.05, 0) is 74.9 Å². The average Bonchev–Trinajstić information content (AvgIpc) is 2.89. The molecular formula is C28H29N3O4. The summed E-state index contributed by atoms with van der Waals surface area (Å²) in [6.45, 7) is 6.19. The molecule has 0 saturated heterocycles. The fourth-order valence-corrected chi connectivity index (χ4v) is 4.27. The third-order valence-corrected chi connectivity index (χ3v) is 6.16. The quantitative estimate of drug-likeness (QED) is 0.382. The lowest BCUT2D eigenvalue weighted by Gasteiger charge is -2.30. The SMILES string of the molecule is CCN(C(=O)c1ccc(OC)cc1)C(C)c1nc2ccccc2c(=O)n1-c1cc(C)ccc1OC. The van der Waals surface area contributed by atoms with E-state index in [2.05, 4.69) is 0 Å². The molecule has 0 aliphatic heterocycles. The van der Waals surface area contributed by atoms with Crippen LogP contribution in [0.25, 0.3) is 16.6 Å². The van der Waals surface area contributed by atoms with Crippen LogP contribution in [0.15, 0.2) is 71.5 Å². The summed E-state index contributed by atoms with van der Waals surface area (Å²) in [6, 6.07) is 19.4. The van der Waals surface area contributed by atoms with E-state index in [0.29, 0.717) is 46.0 Å². The predicted octanol–water partition coefficient (Wildman–Crippen LogP) is 4.93. The van der Waals surface area contributed by atoms with Gasteiger partial charge >= 0.3 is 0 Å². The third kappa shape index (κ3) is 4.49. The van der Waals surface area contributed by atoms with Crippen molar-refractivity contribution in [1.82, 2.24) is 14.5 Å². The van der Waals surface area contributed by atoms with Gasteiger partial charge in [-0.3, -0.25) is 14.2 Å². The molecule has 1 unspecified atom stereocenters. The second-order valence-electron chi connectivity index (χ2n) is 8.30. The molecule has 7 heteroatoms. The Hall–Kier alpha value is -4.13. The number of carbonyl (C=O) groups excluding carboxylic acids is 1. The first-order valence-electron chi connectivity index (χ1n) is 11.5. The Bertz CT molecular complexity index is 1430. The third-order valence-electron chi connectivity index (χ3n) is 6.16. The highest BCUT2D eigenvalue weighted by Gasteiger charge is 2.27. The molecular weight excluding hydrogens is 442 g/mol. The minimum atomic E-state index is -0.503. The maximum Gasteiger partial charge on any atom is 0.266 e. The van der Waals surface area contributed by atoms with E-state index < -0.39 is 6.04 Å². The van der Waals surface area contributed by atoms with Crippen molar-refractivity contribution in [2.75, 3.05) is 20.8 Å². The van der Waals surface area contributed by atoms with Gasteiger partial charge in [-0.1, -0.05) is 18.2 Å². The molecule has 0 radical (unpaired) electrons. The second kappa shape index (κ2) is 10.0. The van der Waals surface area contributed by atoms with Gasteiger partial charge < -0.3 is 14.4 Å². The molecule has 35 heavy (non-hydrogen) atoms. The zero-order chi connectivity index (χ0) is 25.1. The topological polar surface area (TPSA) is 73.7 Å². The van der Waals surface area contributed by atoms with E-state index in [0.717, 1.165) is 5.56 Å². The number of methoxy groups -OCH3 is 2. The second-order valence-corrected chi connectivity index (χ2v) is 8.30. The maximum atomic E-state index is 13.8. The molecule has 0 spiro atoms. The van der Waals surface area contributed by atoms with Gasteiger partial charge in [0.05, 0.1) is 36.9 Å². The van der Waals surface area contributed by atoms with Crippen molar-refractivity contribution in [3.8, 4) is 17.2 Å². The first kappa shape index (κ1) is 24.0. The lowest BCUT2D eigenvalue weighted by molar-refractivity contribution is 0.0693. The molecule has 0 bridgehead atoms. The normalized spacial score (nSPS) is 11.8. The van der Waals surface area contributed by atoms with Crippen LogP contribution in [-0.2, 0) is 0 Å². The number of ether oxygens (including phenoxy) is 2. The largest absolute Gasteiger partial charge is 0.497 e. The van der Waals surface area contributed by atoms with Crippen molar-refractivity contribution in [3.63, 3.8) is 0 Å². The fourth-order valence-electron chi connectivity index (χ4n) is 4.27. The van der Waals surface area contributed by atoms with Gasteiger partial charge in [-0.25, -0.2) is 4.98 Å². The summed E-state index contributed by atoms with van der Waals surface area (Å²) >= 11 is 0. The summed E-state index contributed by atoms with van der Waals surface area (Å²) in [5.41, 5.74) is 2.46. The number of aryl methyl sites for hydroxylation is 1. The molecule has 0 saturated carbocycles. The molecule has 4 rings (SSSR count). The van der Waals surface area contributed by atoms with Crippen LogP contribution in [0, 0.1) is 6.92 Å². The van der Waals surface area contributed by atoms with Crippen LogP contribution in [0.1, 0.15) is 41.6 Å². The highest BCUT2D eigenvalue weighted by atomic mass is 16.5. The highest BCUT2D eigenvalue weighted by Crippen LogP contribution is 2.29. The number of carbonyl (C=O) groups is 1. The number of aromatic nitrogens is 2. The molecule has 1 aromatic heterocycles. The van der Waals surface area contributed by atoms with Crippen molar-refractivity contribution in [2.45, 2.75) is 26.8 Å². The predicted molar refractivity (Wildman–Crippen MR) is 137 cm³/mol. The van der Waals surface area contributed by atoms with Crippen LogP contribution in [0.4, 0.5) is 0 Å². The standard InChI is InChI=1S/C28H29N3O4/c1-6-30(27(32)20-12-14-21(34-4)15-13-20)19(3)26-29-23-10-8-7-9-22(23)28(33)31(26)24-17-18(2)11-16-25(24)35-5/h7-17,19H,6H2,1-5H3. The number of fused-ring (bicyclic) bond motifs is 1. The molecule has 0 fully saturated rings. The Morgan fingerprint density at radius 1 is 1.03 bits per heavy atom. The fraction of sp³-hybridized carbons (Fsp3) is 0.250. The van der Waals surface area contributed by atoms with Gasteiger partial charge in [-0.2, -0.15) is 0 Å². The lowest BCUT2D eigenvalue weighted by atomic mass is 10.1. The van der Waals surface area contributed by atoms with Gasteiger partial charge in [0.2, 0.25) is 0 Å². The molecule has 1 heterocycles. The van der Waals surface area contributed by atoms with Crippen LogP contribution in [0.3, 0.4) is 0 Å². The number of nitrogens with zero attached hydrogens (tertiary/aromatic N) is 3. The van der Waals surface area contributed by atoms with Crippen LogP contribution in [0.2, 0.25) is 0 Å². The Kier molecular flexibility index (Phi) is 6.87. The Labute approximate surface area is 204 Å². The van der Waals surface area contributed by atoms with E-state index in [1.165, 1.54) is 0 Å². The van der Waals surface area contributed by atoms with Crippen molar-refractivity contribution in [2.24, 2.45) is 0 Å². The first-order valence-corrected chi connectivity index (χ1v) is 11.5. The summed E-state index contributed by atoms with van der Waals surface area (Å²) in [5, 5.41) is 0.497. The zero-order valence-electron chi connectivity index (χ0n) is 20.6. The number of hydrogen-bond donors (Lipinski definition) is 0. The molecule has 180 valence electrons. The van der Waals surface area contributed by atoms with E-state index in [1.54, 1.807) is 54.0 Å². The van der Waals surface area contributed by atoms with Crippen LogP contribution >= 0.6 is 0 Å². The maximum absolute atomic E-state index is 13.8. The van der Waals surface area contributed by atoms with E-state index >= 15 is 0 Å². The molecule has 0 aliphatic rings. The monoisotopic (exact) mass is 471 g/mol. The number of rotatable bonds is 7. The summed E-state index contributed by atoms with van der Waals surface area (Å²) in [7, 11) is 3.16. The van der Waals surface area contributed by atoms with E-state index in [-0.39, 0.29) is 11.5 Å². The summed E-state index contributed by atoms with van der Waals surface area (Å²) < 4.78 is 12.4. The van der Waals surface area contributed by atoms with Crippen molar-refractivity contribution in [1.29, 1.82) is 0 Å². The van der Waals surface area contributed by atoms with Crippen LogP contribution in [0.5, 0.6) is 11.5 Å². The van der Waals surface area contributed by atoms with Gasteiger partial charge in [0.25, 0.3) is 11.5 Å². The Morgan fingerprint density at radius 2 is 1.74 bits per heavy atom. The van der Waals surface area contributed by atoms with E-state index in [9.17, 15) is 9.59 Å². The molecule has 4 aromatic rings. The number of benzene rings is 3. The minimum Gasteiger partial charge on any atom is -0.497 e. The summed E-state index contributed by atoms with van der Waals surface area (Å²) in [4.78, 5) is 33.9. The van der Waals surface area contributed by atoms with Gasteiger partial charge in [-0.15, -0.1) is 0 Å². The van der Waals surface area contributed by atoms with Gasteiger partial charge in [0, 0.05) is 12.1 Å². The van der Waals surface area contributed by atoms with Gasteiger partial charge in [0.1, 0.15) is 17.3 Å². The zero-order valence-corrected chi connectivity index (χ0v) is 20.6. The highest BCUT2D eigenvalue weighted by molar-refractivity contribution is 5.94. The molecule has 7 nitrogen and oxygen atoms in total. The lowest BCUT2D eigenvalue weighted by Crippen LogP contribution is -2.37. The van der Waals surface area contributed by atoms with Crippen LogP contribution in [-0.4, -0.2) is 41.1 Å². The summed E-state index contributed by atoms with van der Waals surface area (Å²) in [5.74, 6) is 1.52. The van der Waals surface area contributed by atoms with E-state index in [1.807, 2.05) is 57.2 Å². The smallest absolute Gasteiger partial charge is 0.266 e. The molecule has 1 amide bonds. The van der Waals surface area contributed by atoms with Crippen molar-refractivity contribution < 1.29 is 14.3 Å². The number of para-hydroxylation sites is 1. The first-order chi connectivity index (χ1) is 16.9. The average molecular weight is 472 g/mol. The number of amides is 1. The Balaban J connectivity index is 1.91. The molecule has 0 N–H and O–H groups in total. The van der Waals surface area contributed by atoms with E-state index in [4.69, 9.17) is 14.5 Å². The molecule has 1 atom stereocenters. The van der Waals surface area contributed by atoms with Gasteiger partial charge in [0.15, 0.2) is 0 Å². The van der Waals surface area contributed by atoms with Crippen LogP contribution < -0.4 is 15.0 Å². The Morgan fingerprint density at radius 3 is 2.40 bits per heavy atom. The molecule has 0 aliphatic carbocycles. The number of hydrogen-bond acceptors (Lipinski definition) is 5. The van der Waals surface area contributed by atoms with Crippen molar-refractivity contribution >= 4 is 16.8 Å². The van der Waals surface area contributed by atoms with Crippen molar-refractivity contribution in [3.05, 3.63) is 94.0 Å².